The molecule has 20 heavy (non-hydrogen) atoms. The normalized spacial score (nSPS) is 21.9. The highest BCUT2D eigenvalue weighted by molar-refractivity contribution is 7.89. The molecule has 2 atom stereocenters. The van der Waals surface area contributed by atoms with Gasteiger partial charge in [-0.05, 0) is 48.4 Å². The lowest BCUT2D eigenvalue weighted by Crippen LogP contribution is -2.27. The monoisotopic (exact) mass is 296 g/mol. The maximum atomic E-state index is 12.3. The van der Waals surface area contributed by atoms with Gasteiger partial charge >= 0.3 is 0 Å². The second-order valence-electron chi connectivity index (χ2n) is 5.50. The highest BCUT2D eigenvalue weighted by Gasteiger charge is 2.39. The van der Waals surface area contributed by atoms with E-state index in [-0.39, 0.29) is 6.04 Å². The molecule has 0 bridgehead atoms. The van der Waals surface area contributed by atoms with Crippen LogP contribution < -0.4 is 10.5 Å². The topological polar surface area (TPSA) is 72.2 Å². The molecular formula is C15H24N2O2S. The molecule has 0 aliphatic heterocycles. The summed E-state index contributed by atoms with van der Waals surface area (Å²) in [5, 5.41) is 0. The first-order chi connectivity index (χ1) is 9.51. The third-order valence-electron chi connectivity index (χ3n) is 3.98. The zero-order valence-corrected chi connectivity index (χ0v) is 13.0. The third-order valence-corrected chi connectivity index (χ3v) is 5.47. The van der Waals surface area contributed by atoms with E-state index in [0.717, 1.165) is 36.8 Å². The van der Waals surface area contributed by atoms with Gasteiger partial charge in [0.2, 0.25) is 10.0 Å². The van der Waals surface area contributed by atoms with Gasteiger partial charge in [0.15, 0.2) is 0 Å². The zero-order valence-electron chi connectivity index (χ0n) is 12.2. The van der Waals surface area contributed by atoms with E-state index in [2.05, 4.69) is 11.6 Å². The van der Waals surface area contributed by atoms with Gasteiger partial charge in [0.25, 0.3) is 0 Å². The van der Waals surface area contributed by atoms with Crippen LogP contribution in [0.1, 0.15) is 44.2 Å². The number of sulfonamides is 1. The van der Waals surface area contributed by atoms with E-state index >= 15 is 0 Å². The Morgan fingerprint density at radius 3 is 2.65 bits per heavy atom. The average molecular weight is 296 g/mol. The maximum absolute atomic E-state index is 12.3. The second-order valence-corrected chi connectivity index (χ2v) is 7.21. The van der Waals surface area contributed by atoms with Crippen molar-refractivity contribution < 1.29 is 8.42 Å². The molecule has 3 N–H and O–H groups in total. The fourth-order valence-electron chi connectivity index (χ4n) is 2.65. The maximum Gasteiger partial charge on any atom is 0.240 e. The quantitative estimate of drug-likeness (QED) is 0.810. The summed E-state index contributed by atoms with van der Waals surface area (Å²) < 4.78 is 27.5. The minimum atomic E-state index is -3.41. The van der Waals surface area contributed by atoms with Crippen LogP contribution >= 0.6 is 0 Å². The molecule has 1 fully saturated rings. The Bertz CT molecular complexity index is 569. The number of nitrogens with two attached hydrogens (primary N) is 1. The van der Waals surface area contributed by atoms with Gasteiger partial charge in [-0.1, -0.05) is 26.3 Å². The van der Waals surface area contributed by atoms with Gasteiger partial charge in [-0.15, -0.1) is 0 Å². The van der Waals surface area contributed by atoms with Gasteiger partial charge in [0.05, 0.1) is 4.90 Å². The van der Waals surface area contributed by atoms with E-state index in [4.69, 9.17) is 5.73 Å². The summed E-state index contributed by atoms with van der Waals surface area (Å²) in [7, 11) is -3.41. The minimum absolute atomic E-state index is 0.118. The molecule has 2 unspecified atom stereocenters. The van der Waals surface area contributed by atoms with Gasteiger partial charge < -0.3 is 5.73 Å². The summed E-state index contributed by atoms with van der Waals surface area (Å²) in [6.45, 7) is 4.54. The van der Waals surface area contributed by atoms with E-state index in [9.17, 15) is 8.42 Å². The Labute approximate surface area is 121 Å². The Hall–Kier alpha value is -0.910. The molecule has 5 heteroatoms. The van der Waals surface area contributed by atoms with Gasteiger partial charge in [-0.25, -0.2) is 13.1 Å². The van der Waals surface area contributed by atoms with Crippen LogP contribution in [-0.4, -0.2) is 14.5 Å². The molecule has 1 aromatic carbocycles. The molecule has 0 radical (unpaired) electrons. The third kappa shape index (κ3) is 3.40. The van der Waals surface area contributed by atoms with Gasteiger partial charge in [-0.2, -0.15) is 0 Å². The average Bonchev–Trinajstić information content (AvgIpc) is 3.15. The van der Waals surface area contributed by atoms with E-state index in [1.165, 1.54) is 0 Å². The van der Waals surface area contributed by atoms with Crippen LogP contribution in [0, 0.1) is 5.92 Å². The zero-order chi connectivity index (χ0) is 14.8. The Kier molecular flexibility index (Phi) is 4.83. The Morgan fingerprint density at radius 2 is 2.05 bits per heavy atom. The summed E-state index contributed by atoms with van der Waals surface area (Å²) in [5.74, 6) is 0.513. The molecule has 0 saturated heterocycles. The highest BCUT2D eigenvalue weighted by atomic mass is 32.2. The van der Waals surface area contributed by atoms with Crippen molar-refractivity contribution in [2.24, 2.45) is 11.7 Å². The van der Waals surface area contributed by atoms with Crippen LogP contribution in [0.2, 0.25) is 0 Å². The lowest BCUT2D eigenvalue weighted by atomic mass is 10.1. The van der Waals surface area contributed by atoms with Crippen molar-refractivity contribution in [2.45, 2.75) is 57.0 Å². The Morgan fingerprint density at radius 1 is 1.30 bits per heavy atom. The fraction of sp³-hybridized carbons (Fsp3) is 0.600. The molecule has 4 nitrogen and oxygen atoms in total. The first kappa shape index (κ1) is 15.5. The predicted octanol–water partition coefficient (Wildman–Crippen LogP) is 2.17. The van der Waals surface area contributed by atoms with Gasteiger partial charge in [-0.3, -0.25) is 0 Å². The van der Waals surface area contributed by atoms with E-state index < -0.39 is 10.0 Å². The minimum Gasteiger partial charge on any atom is -0.326 e. The van der Waals surface area contributed by atoms with Crippen LogP contribution in [0.3, 0.4) is 0 Å². The van der Waals surface area contributed by atoms with Crippen LogP contribution in [0.25, 0.3) is 0 Å². The highest BCUT2D eigenvalue weighted by Crippen LogP contribution is 2.35. The molecule has 0 heterocycles. The summed E-state index contributed by atoms with van der Waals surface area (Å²) in [6, 6.07) is 5.37. The number of benzene rings is 1. The summed E-state index contributed by atoms with van der Waals surface area (Å²) in [5.41, 5.74) is 7.72. The van der Waals surface area contributed by atoms with E-state index in [1.807, 2.05) is 13.0 Å². The van der Waals surface area contributed by atoms with Crippen molar-refractivity contribution in [1.82, 2.24) is 4.72 Å². The first-order valence-corrected chi connectivity index (χ1v) is 8.84. The molecule has 112 valence electrons. The van der Waals surface area contributed by atoms with Gasteiger partial charge in [0, 0.05) is 12.6 Å². The number of hydrogen-bond acceptors (Lipinski definition) is 3. The number of rotatable bonds is 7. The van der Waals surface area contributed by atoms with Crippen molar-refractivity contribution in [3.8, 4) is 0 Å². The molecule has 0 spiro atoms. The fourth-order valence-corrected chi connectivity index (χ4v) is 4.02. The summed E-state index contributed by atoms with van der Waals surface area (Å²) in [4.78, 5) is 0.331. The Balaban J connectivity index is 2.14. The van der Waals surface area contributed by atoms with Crippen molar-refractivity contribution in [3.63, 3.8) is 0 Å². The van der Waals surface area contributed by atoms with Crippen LogP contribution in [0.4, 0.5) is 0 Å². The molecule has 0 amide bonds. The molecule has 1 aliphatic carbocycles. The van der Waals surface area contributed by atoms with Crippen molar-refractivity contribution in [2.75, 3.05) is 0 Å². The smallest absolute Gasteiger partial charge is 0.240 e. The van der Waals surface area contributed by atoms with Crippen LogP contribution in [0.5, 0.6) is 0 Å². The van der Waals surface area contributed by atoms with Crippen LogP contribution in [-0.2, 0) is 23.0 Å². The number of hydrogen-bond donors (Lipinski definition) is 2. The lowest BCUT2D eigenvalue weighted by molar-refractivity contribution is 0.573. The van der Waals surface area contributed by atoms with Crippen molar-refractivity contribution in [3.05, 3.63) is 29.3 Å². The van der Waals surface area contributed by atoms with E-state index in [1.54, 1.807) is 12.1 Å². The molecular weight excluding hydrogens is 272 g/mol. The molecule has 2 rings (SSSR count). The predicted molar refractivity (Wildman–Crippen MR) is 80.8 cm³/mol. The molecule has 1 aliphatic rings. The number of aryl methyl sites for hydroxylation is 1. The molecule has 1 saturated carbocycles. The van der Waals surface area contributed by atoms with Crippen molar-refractivity contribution in [1.29, 1.82) is 0 Å². The first-order valence-electron chi connectivity index (χ1n) is 7.36. The van der Waals surface area contributed by atoms with E-state index in [0.29, 0.717) is 17.4 Å². The summed E-state index contributed by atoms with van der Waals surface area (Å²) in [6.07, 6.45) is 4.02. The molecule has 0 aromatic heterocycles. The largest absolute Gasteiger partial charge is 0.326 e. The standard InChI is InChI=1S/C15H24N2O2S/c1-3-5-12-9-15(12)17-20(18,19)14-7-6-11(4-2)13(8-14)10-16/h6-8,12,15,17H,3-5,9-10,16H2,1-2H3. The SMILES string of the molecule is CCCC1CC1NS(=O)(=O)c1ccc(CC)c(CN)c1. The lowest BCUT2D eigenvalue weighted by Gasteiger charge is -2.10. The number of nitrogens with one attached hydrogen (secondary N) is 1. The van der Waals surface area contributed by atoms with Gasteiger partial charge in [0.1, 0.15) is 0 Å². The molecule has 1 aromatic rings. The van der Waals surface area contributed by atoms with Crippen molar-refractivity contribution >= 4 is 10.0 Å². The summed E-state index contributed by atoms with van der Waals surface area (Å²) >= 11 is 0. The second kappa shape index (κ2) is 6.24. The van der Waals surface area contributed by atoms with Crippen LogP contribution in [0.15, 0.2) is 23.1 Å².